The smallest absolute Gasteiger partial charge is 0.232 e. The number of carbonyl (C=O) groups excluding carboxylic acids is 2. The summed E-state index contributed by atoms with van der Waals surface area (Å²) < 4.78 is 19.9. The lowest BCUT2D eigenvalue weighted by Crippen LogP contribution is -2.42. The Bertz CT molecular complexity index is 903. The summed E-state index contributed by atoms with van der Waals surface area (Å²) in [5, 5.41) is 0. The van der Waals surface area contributed by atoms with Crippen molar-refractivity contribution in [1.29, 1.82) is 0 Å². The number of halogens is 2. The first-order valence-corrected chi connectivity index (χ1v) is 9.84. The van der Waals surface area contributed by atoms with Gasteiger partial charge in [-0.05, 0) is 54.0 Å². The second-order valence-corrected chi connectivity index (χ2v) is 7.83. The topological polar surface area (TPSA) is 49.9 Å². The standard InChI is InChI=1S/C21H22BrFN2O3/c1-13(2)25(15-8-9-19(28-3)17(23)11-15)21(27)14-10-20(26)24(12-14)18-7-5-4-6-16(18)22/h4-9,11,13-14H,10,12H2,1-3H3. The molecular formula is C21H22BrFN2O3. The van der Waals surface area contributed by atoms with E-state index in [1.54, 1.807) is 15.9 Å². The predicted molar refractivity (Wildman–Crippen MR) is 110 cm³/mol. The van der Waals surface area contributed by atoms with Crippen LogP contribution in [0, 0.1) is 11.7 Å². The van der Waals surface area contributed by atoms with E-state index in [0.717, 1.165) is 10.2 Å². The summed E-state index contributed by atoms with van der Waals surface area (Å²) in [5.74, 6) is -1.20. The zero-order valence-corrected chi connectivity index (χ0v) is 17.6. The van der Waals surface area contributed by atoms with E-state index in [0.29, 0.717) is 12.2 Å². The van der Waals surface area contributed by atoms with Crippen LogP contribution in [0.25, 0.3) is 0 Å². The van der Waals surface area contributed by atoms with Gasteiger partial charge in [-0.15, -0.1) is 0 Å². The number of methoxy groups -OCH3 is 1. The van der Waals surface area contributed by atoms with Crippen LogP contribution in [0.15, 0.2) is 46.9 Å². The van der Waals surface area contributed by atoms with Crippen LogP contribution in [0.1, 0.15) is 20.3 Å². The zero-order valence-electron chi connectivity index (χ0n) is 16.0. The van der Waals surface area contributed by atoms with E-state index >= 15 is 0 Å². The van der Waals surface area contributed by atoms with Crippen molar-refractivity contribution < 1.29 is 18.7 Å². The summed E-state index contributed by atoms with van der Waals surface area (Å²) >= 11 is 3.46. The summed E-state index contributed by atoms with van der Waals surface area (Å²) in [7, 11) is 1.39. The number of hydrogen-bond donors (Lipinski definition) is 0. The molecule has 1 unspecified atom stereocenters. The number of amides is 2. The molecule has 0 bridgehead atoms. The molecule has 0 N–H and O–H groups in total. The van der Waals surface area contributed by atoms with Gasteiger partial charge in [0, 0.05) is 35.2 Å². The third kappa shape index (κ3) is 3.90. The van der Waals surface area contributed by atoms with Crippen molar-refractivity contribution in [1.82, 2.24) is 0 Å². The molecule has 1 aliphatic rings. The molecule has 0 spiro atoms. The lowest BCUT2D eigenvalue weighted by Gasteiger charge is -2.29. The summed E-state index contributed by atoms with van der Waals surface area (Å²) in [4.78, 5) is 29.0. The lowest BCUT2D eigenvalue weighted by molar-refractivity contribution is -0.124. The van der Waals surface area contributed by atoms with Crippen molar-refractivity contribution in [2.45, 2.75) is 26.3 Å². The summed E-state index contributed by atoms with van der Waals surface area (Å²) in [6.07, 6.45) is 0.127. The highest BCUT2D eigenvalue weighted by atomic mass is 79.9. The van der Waals surface area contributed by atoms with Crippen LogP contribution in [0.4, 0.5) is 15.8 Å². The van der Waals surface area contributed by atoms with Gasteiger partial charge >= 0.3 is 0 Å². The lowest BCUT2D eigenvalue weighted by atomic mass is 10.1. The second-order valence-electron chi connectivity index (χ2n) is 6.98. The van der Waals surface area contributed by atoms with Crippen LogP contribution in [-0.2, 0) is 9.59 Å². The molecule has 3 rings (SSSR count). The molecule has 0 radical (unpaired) electrons. The fraction of sp³-hybridized carbons (Fsp3) is 0.333. The number of para-hydroxylation sites is 1. The van der Waals surface area contributed by atoms with Crippen LogP contribution in [0.3, 0.4) is 0 Å². The van der Waals surface area contributed by atoms with E-state index in [-0.39, 0.29) is 30.0 Å². The SMILES string of the molecule is COc1ccc(N(C(=O)C2CC(=O)N(c3ccccc3Br)C2)C(C)C)cc1F. The van der Waals surface area contributed by atoms with E-state index in [1.807, 2.05) is 38.1 Å². The number of anilines is 2. The number of nitrogens with zero attached hydrogens (tertiary/aromatic N) is 2. The largest absolute Gasteiger partial charge is 0.494 e. The first-order chi connectivity index (χ1) is 13.3. The van der Waals surface area contributed by atoms with E-state index in [1.165, 1.54) is 19.2 Å². The Morgan fingerprint density at radius 3 is 2.61 bits per heavy atom. The number of ether oxygens (including phenoxy) is 1. The number of carbonyl (C=O) groups is 2. The monoisotopic (exact) mass is 448 g/mol. The average molecular weight is 449 g/mol. The Morgan fingerprint density at radius 1 is 1.29 bits per heavy atom. The fourth-order valence-electron chi connectivity index (χ4n) is 3.46. The Kier molecular flexibility index (Phi) is 6.03. The minimum atomic E-state index is -0.532. The molecule has 1 heterocycles. The first-order valence-electron chi connectivity index (χ1n) is 9.05. The van der Waals surface area contributed by atoms with Crippen molar-refractivity contribution in [2.24, 2.45) is 5.92 Å². The predicted octanol–water partition coefficient (Wildman–Crippen LogP) is 4.39. The Labute approximate surface area is 172 Å². The molecule has 1 atom stereocenters. The van der Waals surface area contributed by atoms with E-state index < -0.39 is 11.7 Å². The normalized spacial score (nSPS) is 16.6. The highest BCUT2D eigenvalue weighted by molar-refractivity contribution is 9.10. The molecule has 7 heteroatoms. The number of benzene rings is 2. The summed E-state index contributed by atoms with van der Waals surface area (Å²) in [6.45, 7) is 4.02. The molecule has 5 nitrogen and oxygen atoms in total. The van der Waals surface area contributed by atoms with Crippen LogP contribution in [0.2, 0.25) is 0 Å². The average Bonchev–Trinajstić information content (AvgIpc) is 3.04. The van der Waals surface area contributed by atoms with E-state index in [2.05, 4.69) is 15.9 Å². The third-order valence-electron chi connectivity index (χ3n) is 4.78. The van der Waals surface area contributed by atoms with Gasteiger partial charge in [-0.3, -0.25) is 9.59 Å². The van der Waals surface area contributed by atoms with Crippen molar-refractivity contribution >= 4 is 39.1 Å². The zero-order chi connectivity index (χ0) is 20.4. The van der Waals surface area contributed by atoms with Gasteiger partial charge in [0.05, 0.1) is 18.7 Å². The Balaban J connectivity index is 1.86. The fourth-order valence-corrected chi connectivity index (χ4v) is 3.96. The second kappa shape index (κ2) is 8.31. The Hall–Kier alpha value is -2.41. The molecule has 1 aliphatic heterocycles. The molecule has 1 saturated heterocycles. The molecule has 0 aromatic heterocycles. The molecule has 2 amide bonds. The summed E-state index contributed by atoms with van der Waals surface area (Å²) in [5.41, 5.74) is 1.19. The maximum Gasteiger partial charge on any atom is 0.232 e. The Morgan fingerprint density at radius 2 is 2.00 bits per heavy atom. The molecule has 1 fully saturated rings. The van der Waals surface area contributed by atoms with Crippen LogP contribution in [-0.4, -0.2) is 31.5 Å². The van der Waals surface area contributed by atoms with Gasteiger partial charge in [-0.1, -0.05) is 12.1 Å². The van der Waals surface area contributed by atoms with Gasteiger partial charge in [0.2, 0.25) is 11.8 Å². The van der Waals surface area contributed by atoms with Crippen LogP contribution >= 0.6 is 15.9 Å². The molecule has 0 aliphatic carbocycles. The van der Waals surface area contributed by atoms with Crippen molar-refractivity contribution in [3.05, 3.63) is 52.8 Å². The van der Waals surface area contributed by atoms with Gasteiger partial charge in [0.25, 0.3) is 0 Å². The number of hydrogen-bond acceptors (Lipinski definition) is 3. The minimum absolute atomic E-state index is 0.102. The van der Waals surface area contributed by atoms with Gasteiger partial charge < -0.3 is 14.5 Å². The van der Waals surface area contributed by atoms with Gasteiger partial charge in [0.1, 0.15) is 0 Å². The van der Waals surface area contributed by atoms with Crippen LogP contribution in [0.5, 0.6) is 5.75 Å². The summed E-state index contributed by atoms with van der Waals surface area (Å²) in [6, 6.07) is 11.7. The first kappa shape index (κ1) is 20.3. The third-order valence-corrected chi connectivity index (χ3v) is 5.46. The number of rotatable bonds is 5. The van der Waals surface area contributed by atoms with Crippen molar-refractivity contribution in [3.8, 4) is 5.75 Å². The quantitative estimate of drug-likeness (QED) is 0.681. The van der Waals surface area contributed by atoms with Crippen molar-refractivity contribution in [3.63, 3.8) is 0 Å². The maximum atomic E-state index is 14.2. The molecule has 148 valence electrons. The highest BCUT2D eigenvalue weighted by Gasteiger charge is 2.38. The molecule has 28 heavy (non-hydrogen) atoms. The molecule has 2 aromatic rings. The minimum Gasteiger partial charge on any atom is -0.494 e. The van der Waals surface area contributed by atoms with Gasteiger partial charge in [0.15, 0.2) is 11.6 Å². The van der Waals surface area contributed by atoms with Gasteiger partial charge in [-0.2, -0.15) is 0 Å². The maximum absolute atomic E-state index is 14.2. The highest BCUT2D eigenvalue weighted by Crippen LogP contribution is 2.33. The van der Waals surface area contributed by atoms with E-state index in [4.69, 9.17) is 4.74 Å². The van der Waals surface area contributed by atoms with Crippen molar-refractivity contribution in [2.75, 3.05) is 23.5 Å². The molecule has 2 aromatic carbocycles. The van der Waals surface area contributed by atoms with E-state index in [9.17, 15) is 14.0 Å². The van der Waals surface area contributed by atoms with Crippen LogP contribution < -0.4 is 14.5 Å². The molecule has 0 saturated carbocycles. The molecular weight excluding hydrogens is 427 g/mol. The van der Waals surface area contributed by atoms with Gasteiger partial charge in [-0.25, -0.2) is 4.39 Å².